The van der Waals surface area contributed by atoms with Gasteiger partial charge in [-0.25, -0.2) is 0 Å². The molecule has 2 N–H and O–H groups in total. The molecule has 0 aliphatic carbocycles. The van der Waals surface area contributed by atoms with Crippen LogP contribution < -0.4 is 15.4 Å². The Bertz CT molecular complexity index is 1190. The summed E-state index contributed by atoms with van der Waals surface area (Å²) < 4.78 is 5.69. The summed E-state index contributed by atoms with van der Waals surface area (Å²) in [5, 5.41) is 15.0. The lowest BCUT2D eigenvalue weighted by atomic mass is 10.1. The molecule has 0 atom stereocenters. The third kappa shape index (κ3) is 5.83. The number of ether oxygens (including phenoxy) is 1. The zero-order chi connectivity index (χ0) is 22.9. The van der Waals surface area contributed by atoms with Crippen LogP contribution in [0.15, 0.2) is 78.4 Å². The van der Waals surface area contributed by atoms with Gasteiger partial charge in [0.15, 0.2) is 6.61 Å². The van der Waals surface area contributed by atoms with Gasteiger partial charge in [-0.1, -0.05) is 48.5 Å². The van der Waals surface area contributed by atoms with Gasteiger partial charge in [0.05, 0.1) is 0 Å². The molecule has 0 unspecified atom stereocenters. The fourth-order valence-electron chi connectivity index (χ4n) is 2.97. The van der Waals surface area contributed by atoms with Crippen LogP contribution >= 0.6 is 0 Å². The van der Waals surface area contributed by atoms with E-state index in [1.54, 1.807) is 48.5 Å². The van der Waals surface area contributed by atoms with Gasteiger partial charge in [-0.05, 0) is 55.3 Å². The van der Waals surface area contributed by atoms with E-state index < -0.39 is 5.91 Å². The van der Waals surface area contributed by atoms with E-state index in [9.17, 15) is 14.9 Å². The van der Waals surface area contributed by atoms with E-state index in [2.05, 4.69) is 10.6 Å². The van der Waals surface area contributed by atoms with Crippen molar-refractivity contribution in [2.75, 3.05) is 17.2 Å². The average molecular weight is 425 g/mol. The summed E-state index contributed by atoms with van der Waals surface area (Å²) in [4.78, 5) is 24.9. The first-order valence-corrected chi connectivity index (χ1v) is 10.0. The molecule has 0 heterocycles. The lowest BCUT2D eigenvalue weighted by Crippen LogP contribution is -2.21. The van der Waals surface area contributed by atoms with Gasteiger partial charge in [-0.15, -0.1) is 0 Å². The van der Waals surface area contributed by atoms with Crippen molar-refractivity contribution in [2.45, 2.75) is 13.8 Å². The van der Waals surface area contributed by atoms with E-state index in [-0.39, 0.29) is 18.1 Å². The molecule has 0 saturated carbocycles. The van der Waals surface area contributed by atoms with Crippen molar-refractivity contribution in [1.82, 2.24) is 0 Å². The maximum Gasteiger partial charge on any atom is 0.266 e. The van der Waals surface area contributed by atoms with Crippen LogP contribution in [0.5, 0.6) is 5.75 Å². The molecule has 6 heteroatoms. The molecule has 0 saturated heterocycles. The number of carbonyl (C=O) groups excluding carboxylic acids is 2. The number of carbonyl (C=O) groups is 2. The first kappa shape index (κ1) is 22.3. The van der Waals surface area contributed by atoms with Gasteiger partial charge >= 0.3 is 0 Å². The van der Waals surface area contributed by atoms with E-state index in [4.69, 9.17) is 4.74 Å². The second kappa shape index (κ2) is 10.6. The molecule has 0 aliphatic rings. The molecule has 0 aromatic heterocycles. The topological polar surface area (TPSA) is 91.2 Å². The van der Waals surface area contributed by atoms with E-state index in [0.717, 1.165) is 16.8 Å². The highest BCUT2D eigenvalue weighted by Gasteiger charge is 2.12. The first-order valence-electron chi connectivity index (χ1n) is 10.0. The van der Waals surface area contributed by atoms with E-state index in [1.165, 1.54) is 6.08 Å². The minimum absolute atomic E-state index is 0.0789. The number of para-hydroxylation sites is 2. The summed E-state index contributed by atoms with van der Waals surface area (Å²) in [6.45, 7) is 3.71. The zero-order valence-electron chi connectivity index (χ0n) is 17.9. The fourth-order valence-corrected chi connectivity index (χ4v) is 2.97. The van der Waals surface area contributed by atoms with Crippen LogP contribution in [-0.2, 0) is 9.59 Å². The Hall–Kier alpha value is -4.37. The smallest absolute Gasteiger partial charge is 0.266 e. The summed E-state index contributed by atoms with van der Waals surface area (Å²) in [6, 6.07) is 23.4. The van der Waals surface area contributed by atoms with Crippen molar-refractivity contribution in [3.8, 4) is 11.8 Å². The van der Waals surface area contributed by atoms with Crippen LogP contribution in [0.1, 0.15) is 16.7 Å². The van der Waals surface area contributed by atoms with Crippen molar-refractivity contribution >= 4 is 29.3 Å². The Balaban J connectivity index is 1.70. The van der Waals surface area contributed by atoms with E-state index >= 15 is 0 Å². The molecular weight excluding hydrogens is 402 g/mol. The number of rotatable bonds is 7. The van der Waals surface area contributed by atoms with Crippen molar-refractivity contribution in [3.63, 3.8) is 0 Å². The van der Waals surface area contributed by atoms with Crippen molar-refractivity contribution < 1.29 is 14.3 Å². The molecule has 0 fully saturated rings. The number of benzene rings is 3. The quantitative estimate of drug-likeness (QED) is 0.417. The first-order chi connectivity index (χ1) is 15.5. The monoisotopic (exact) mass is 425 g/mol. The van der Waals surface area contributed by atoms with Crippen LogP contribution in [0.4, 0.5) is 11.4 Å². The van der Waals surface area contributed by atoms with Crippen LogP contribution in [0, 0.1) is 25.2 Å². The van der Waals surface area contributed by atoms with E-state index in [0.29, 0.717) is 17.0 Å². The highest BCUT2D eigenvalue weighted by molar-refractivity contribution is 6.09. The van der Waals surface area contributed by atoms with Gasteiger partial charge in [0, 0.05) is 16.9 Å². The Kier molecular flexibility index (Phi) is 7.39. The summed E-state index contributed by atoms with van der Waals surface area (Å²) in [7, 11) is 0. The van der Waals surface area contributed by atoms with Gasteiger partial charge in [0.25, 0.3) is 11.8 Å². The highest BCUT2D eigenvalue weighted by Crippen LogP contribution is 2.22. The zero-order valence-corrected chi connectivity index (χ0v) is 17.9. The molecule has 3 aromatic carbocycles. The predicted octanol–water partition coefficient (Wildman–Crippen LogP) is 4.87. The molecule has 32 heavy (non-hydrogen) atoms. The standard InChI is InChI=1S/C26H23N3O3/c1-18-9-8-13-23(19(18)2)29-25(30)17-32-24-14-7-6-10-20(24)15-21(16-27)26(31)28-22-11-4-3-5-12-22/h3-15H,17H2,1-2H3,(H,28,31)(H,29,30)/b21-15+. The maximum absolute atomic E-state index is 12.5. The molecule has 0 radical (unpaired) electrons. The minimum Gasteiger partial charge on any atom is -0.483 e. The summed E-state index contributed by atoms with van der Waals surface area (Å²) in [5.41, 5.74) is 3.84. The number of nitrogens with one attached hydrogen (secondary N) is 2. The number of hydrogen-bond acceptors (Lipinski definition) is 4. The van der Waals surface area contributed by atoms with Crippen LogP contribution in [-0.4, -0.2) is 18.4 Å². The summed E-state index contributed by atoms with van der Waals surface area (Å²) in [5.74, 6) is -0.440. The average Bonchev–Trinajstić information content (AvgIpc) is 2.80. The number of aryl methyl sites for hydroxylation is 1. The molecule has 160 valence electrons. The van der Waals surface area contributed by atoms with Crippen LogP contribution in [0.25, 0.3) is 6.08 Å². The highest BCUT2D eigenvalue weighted by atomic mass is 16.5. The Morgan fingerprint density at radius 3 is 2.41 bits per heavy atom. The molecule has 6 nitrogen and oxygen atoms in total. The summed E-state index contributed by atoms with van der Waals surface area (Å²) in [6.07, 6.45) is 1.44. The molecule has 3 aromatic rings. The normalized spacial score (nSPS) is 10.7. The van der Waals surface area contributed by atoms with Gasteiger partial charge in [-0.2, -0.15) is 5.26 Å². The van der Waals surface area contributed by atoms with Crippen LogP contribution in [0.3, 0.4) is 0 Å². The van der Waals surface area contributed by atoms with E-state index in [1.807, 2.05) is 44.2 Å². The third-order valence-corrected chi connectivity index (χ3v) is 4.85. The van der Waals surface area contributed by atoms with Gasteiger partial charge in [0.1, 0.15) is 17.4 Å². The number of nitriles is 1. The van der Waals surface area contributed by atoms with Crippen LogP contribution in [0.2, 0.25) is 0 Å². The molecule has 3 rings (SSSR count). The maximum atomic E-state index is 12.5. The van der Waals surface area contributed by atoms with Gasteiger partial charge < -0.3 is 15.4 Å². The Morgan fingerprint density at radius 1 is 0.938 bits per heavy atom. The molecule has 0 bridgehead atoms. The second-order valence-electron chi connectivity index (χ2n) is 7.11. The fraction of sp³-hybridized carbons (Fsp3) is 0.115. The lowest BCUT2D eigenvalue weighted by Gasteiger charge is -2.12. The van der Waals surface area contributed by atoms with Crippen molar-refractivity contribution in [3.05, 3.63) is 95.1 Å². The minimum atomic E-state index is -0.527. The van der Waals surface area contributed by atoms with Crippen molar-refractivity contribution in [1.29, 1.82) is 5.26 Å². The second-order valence-corrected chi connectivity index (χ2v) is 7.11. The number of nitrogens with zero attached hydrogens (tertiary/aromatic N) is 1. The number of anilines is 2. The Morgan fingerprint density at radius 2 is 1.66 bits per heavy atom. The number of hydrogen-bond donors (Lipinski definition) is 2. The largest absolute Gasteiger partial charge is 0.483 e. The summed E-state index contributed by atoms with van der Waals surface area (Å²) >= 11 is 0. The van der Waals surface area contributed by atoms with Crippen molar-refractivity contribution in [2.24, 2.45) is 0 Å². The molecule has 0 spiro atoms. The van der Waals surface area contributed by atoms with Gasteiger partial charge in [0.2, 0.25) is 0 Å². The molecule has 2 amide bonds. The predicted molar refractivity (Wildman–Crippen MR) is 125 cm³/mol. The Labute approximate surface area is 187 Å². The lowest BCUT2D eigenvalue weighted by molar-refractivity contribution is -0.118. The molecular formula is C26H23N3O3. The van der Waals surface area contributed by atoms with Gasteiger partial charge in [-0.3, -0.25) is 9.59 Å². The molecule has 0 aliphatic heterocycles. The number of amides is 2. The third-order valence-electron chi connectivity index (χ3n) is 4.85. The SMILES string of the molecule is Cc1cccc(NC(=O)COc2ccccc2/C=C(\C#N)C(=O)Nc2ccccc2)c1C.